The van der Waals surface area contributed by atoms with Gasteiger partial charge >= 0.3 is 0 Å². The lowest BCUT2D eigenvalue weighted by molar-refractivity contribution is 0.413. The monoisotopic (exact) mass is 341 g/mol. The molecule has 1 aromatic heterocycles. The molecular weight excluding hydrogens is 314 g/mol. The Kier molecular flexibility index (Phi) is 5.58. The van der Waals surface area contributed by atoms with E-state index in [4.69, 9.17) is 4.74 Å². The zero-order chi connectivity index (χ0) is 17.6. The first-order valence-electron chi connectivity index (χ1n) is 8.93. The summed E-state index contributed by atoms with van der Waals surface area (Å²) in [6.07, 6.45) is 1.08. The van der Waals surface area contributed by atoms with Crippen LogP contribution in [0.3, 0.4) is 0 Å². The van der Waals surface area contributed by atoms with Crippen molar-refractivity contribution < 1.29 is 4.74 Å². The summed E-state index contributed by atoms with van der Waals surface area (Å²) in [6.45, 7) is 8.79. The lowest BCUT2D eigenvalue weighted by Crippen LogP contribution is -2.47. The zero-order valence-electron chi connectivity index (χ0n) is 15.3. The topological polar surface area (TPSA) is 53.5 Å². The van der Waals surface area contributed by atoms with Gasteiger partial charge in [0.15, 0.2) is 0 Å². The highest BCUT2D eigenvalue weighted by Gasteiger charge is 2.21. The predicted octanol–water partition coefficient (Wildman–Crippen LogP) is 2.94. The second-order valence-corrected chi connectivity index (χ2v) is 6.23. The summed E-state index contributed by atoms with van der Waals surface area (Å²) in [5, 5.41) is 3.36. The van der Waals surface area contributed by atoms with Crippen molar-refractivity contribution in [3.63, 3.8) is 0 Å². The number of hydrogen-bond acceptors (Lipinski definition) is 6. The van der Waals surface area contributed by atoms with E-state index in [0.717, 1.165) is 68.0 Å². The summed E-state index contributed by atoms with van der Waals surface area (Å²) >= 11 is 0. The zero-order valence-corrected chi connectivity index (χ0v) is 15.3. The molecule has 0 aliphatic carbocycles. The molecule has 0 saturated carbocycles. The van der Waals surface area contributed by atoms with E-state index < -0.39 is 0 Å². The molecule has 0 unspecified atom stereocenters. The number of ether oxygens (including phenoxy) is 1. The number of nitrogens with one attached hydrogen (secondary N) is 1. The average Bonchev–Trinajstić information content (AvgIpc) is 2.66. The Labute approximate surface area is 149 Å². The fourth-order valence-electron chi connectivity index (χ4n) is 3.13. The van der Waals surface area contributed by atoms with E-state index in [1.54, 1.807) is 7.11 Å². The van der Waals surface area contributed by atoms with Gasteiger partial charge in [-0.25, -0.2) is 9.97 Å². The van der Waals surface area contributed by atoms with E-state index in [1.165, 1.54) is 0 Å². The minimum atomic E-state index is 0.809. The molecule has 6 nitrogen and oxygen atoms in total. The van der Waals surface area contributed by atoms with Crippen molar-refractivity contribution in [2.24, 2.45) is 0 Å². The van der Waals surface area contributed by atoms with Crippen LogP contribution in [-0.2, 0) is 0 Å². The number of methoxy groups -OCH3 is 1. The molecule has 0 bridgehead atoms. The van der Waals surface area contributed by atoms with Crippen LogP contribution in [0.4, 0.5) is 17.3 Å². The Morgan fingerprint density at radius 3 is 2.52 bits per heavy atom. The molecule has 2 heterocycles. The van der Waals surface area contributed by atoms with E-state index >= 15 is 0 Å². The maximum absolute atomic E-state index is 5.49. The van der Waals surface area contributed by atoms with Crippen LogP contribution in [0.2, 0.25) is 0 Å². The summed E-state index contributed by atoms with van der Waals surface area (Å²) in [5.41, 5.74) is 1.16. The van der Waals surface area contributed by atoms with Gasteiger partial charge in [-0.05, 0) is 25.5 Å². The van der Waals surface area contributed by atoms with E-state index in [2.05, 4.69) is 50.2 Å². The Morgan fingerprint density at radius 2 is 1.80 bits per heavy atom. The van der Waals surface area contributed by atoms with Gasteiger partial charge in [-0.3, -0.25) is 0 Å². The van der Waals surface area contributed by atoms with Crippen LogP contribution in [0.15, 0.2) is 30.3 Å². The van der Waals surface area contributed by atoms with Gasteiger partial charge in [0.05, 0.1) is 12.8 Å². The van der Waals surface area contributed by atoms with E-state index in [-0.39, 0.29) is 0 Å². The first-order valence-corrected chi connectivity index (χ1v) is 8.93. The number of para-hydroxylation sites is 2. The molecule has 0 atom stereocenters. The Bertz CT molecular complexity index is 698. The van der Waals surface area contributed by atoms with Gasteiger partial charge in [0.2, 0.25) is 0 Å². The van der Waals surface area contributed by atoms with Crippen molar-refractivity contribution in [1.82, 2.24) is 9.97 Å². The van der Waals surface area contributed by atoms with Crippen molar-refractivity contribution >= 4 is 17.3 Å². The molecule has 1 aliphatic heterocycles. The number of aromatic nitrogens is 2. The van der Waals surface area contributed by atoms with E-state index in [0.29, 0.717) is 0 Å². The van der Waals surface area contributed by atoms with Crippen molar-refractivity contribution in [2.45, 2.75) is 20.3 Å². The Morgan fingerprint density at radius 1 is 1.08 bits per heavy atom. The lowest BCUT2D eigenvalue weighted by Gasteiger charge is -2.37. The molecule has 2 aromatic rings. The minimum Gasteiger partial charge on any atom is -0.495 e. The fraction of sp³-hybridized carbons (Fsp3) is 0.474. The molecule has 1 aliphatic rings. The van der Waals surface area contributed by atoms with Crippen molar-refractivity contribution in [1.29, 1.82) is 0 Å². The number of rotatable bonds is 6. The SMILES string of the molecule is CCCNc1cc(N2CCN(c3ccccc3OC)CC2)nc(C)n1. The van der Waals surface area contributed by atoms with Crippen LogP contribution in [0.5, 0.6) is 5.75 Å². The lowest BCUT2D eigenvalue weighted by atomic mass is 10.2. The number of aryl methyl sites for hydroxylation is 1. The quantitative estimate of drug-likeness (QED) is 0.872. The smallest absolute Gasteiger partial charge is 0.142 e. The minimum absolute atomic E-state index is 0.809. The summed E-state index contributed by atoms with van der Waals surface area (Å²) < 4.78 is 5.49. The van der Waals surface area contributed by atoms with Crippen LogP contribution >= 0.6 is 0 Å². The van der Waals surface area contributed by atoms with Gasteiger partial charge in [-0.1, -0.05) is 19.1 Å². The van der Waals surface area contributed by atoms with Crippen LogP contribution < -0.4 is 19.9 Å². The third kappa shape index (κ3) is 4.13. The maximum Gasteiger partial charge on any atom is 0.142 e. The molecule has 0 amide bonds. The van der Waals surface area contributed by atoms with Crippen molar-refractivity contribution in [2.75, 3.05) is 55.0 Å². The molecule has 6 heteroatoms. The molecule has 1 N–H and O–H groups in total. The normalized spacial score (nSPS) is 14.5. The number of piperazine rings is 1. The Hall–Kier alpha value is -2.50. The molecule has 1 fully saturated rings. The number of anilines is 3. The maximum atomic E-state index is 5.49. The molecule has 1 aromatic carbocycles. The second-order valence-electron chi connectivity index (χ2n) is 6.23. The molecule has 1 saturated heterocycles. The van der Waals surface area contributed by atoms with Gasteiger partial charge in [0.25, 0.3) is 0 Å². The number of hydrogen-bond donors (Lipinski definition) is 1. The van der Waals surface area contributed by atoms with Crippen LogP contribution in [0, 0.1) is 6.92 Å². The molecule has 134 valence electrons. The van der Waals surface area contributed by atoms with Gasteiger partial charge in [0.1, 0.15) is 23.2 Å². The summed E-state index contributed by atoms with van der Waals surface area (Å²) in [7, 11) is 1.73. The standard InChI is InChI=1S/C19H27N5O/c1-4-9-20-18-14-19(22-15(2)21-18)24-12-10-23(11-13-24)16-7-5-6-8-17(16)25-3/h5-8,14H,4,9-13H2,1-3H3,(H,20,21,22). The summed E-state index contributed by atoms with van der Waals surface area (Å²) in [4.78, 5) is 13.8. The Balaban J connectivity index is 1.69. The van der Waals surface area contributed by atoms with Crippen LogP contribution in [0.1, 0.15) is 19.2 Å². The van der Waals surface area contributed by atoms with Gasteiger partial charge in [-0.15, -0.1) is 0 Å². The van der Waals surface area contributed by atoms with Crippen LogP contribution in [-0.4, -0.2) is 49.8 Å². The summed E-state index contributed by atoms with van der Waals surface area (Å²) in [6, 6.07) is 10.3. The molecule has 0 radical (unpaired) electrons. The summed E-state index contributed by atoms with van der Waals surface area (Å²) in [5.74, 6) is 3.66. The van der Waals surface area contributed by atoms with E-state index in [9.17, 15) is 0 Å². The van der Waals surface area contributed by atoms with Gasteiger partial charge in [0, 0.05) is 38.8 Å². The predicted molar refractivity (Wildman–Crippen MR) is 103 cm³/mol. The molecule has 3 rings (SSSR count). The van der Waals surface area contributed by atoms with Crippen LogP contribution in [0.25, 0.3) is 0 Å². The van der Waals surface area contributed by atoms with E-state index in [1.807, 2.05) is 19.1 Å². The largest absolute Gasteiger partial charge is 0.495 e. The van der Waals surface area contributed by atoms with Crippen molar-refractivity contribution in [3.05, 3.63) is 36.2 Å². The first kappa shape index (κ1) is 17.3. The number of nitrogens with zero attached hydrogens (tertiary/aromatic N) is 4. The third-order valence-electron chi connectivity index (χ3n) is 4.41. The molecule has 0 spiro atoms. The fourth-order valence-corrected chi connectivity index (χ4v) is 3.13. The van der Waals surface area contributed by atoms with Gasteiger partial charge < -0.3 is 19.9 Å². The highest BCUT2D eigenvalue weighted by atomic mass is 16.5. The molecular formula is C19H27N5O. The van der Waals surface area contributed by atoms with Crippen molar-refractivity contribution in [3.8, 4) is 5.75 Å². The number of benzene rings is 1. The highest BCUT2D eigenvalue weighted by molar-refractivity contribution is 5.60. The second kappa shape index (κ2) is 8.05. The first-order chi connectivity index (χ1) is 12.2. The highest BCUT2D eigenvalue weighted by Crippen LogP contribution is 2.29. The third-order valence-corrected chi connectivity index (χ3v) is 4.41. The molecule has 25 heavy (non-hydrogen) atoms. The average molecular weight is 341 g/mol. The van der Waals surface area contributed by atoms with Gasteiger partial charge in [-0.2, -0.15) is 0 Å².